The number of nitrogens with two attached hydrogens (primary N) is 1. The highest BCUT2D eigenvalue weighted by Crippen LogP contribution is 2.13. The minimum Gasteiger partial charge on any atom is -0.480 e. The molecular weight excluding hydrogens is 199 g/mol. The minimum absolute atomic E-state index is 0.0349. The lowest BCUT2D eigenvalue weighted by Gasteiger charge is -2.11. The lowest BCUT2D eigenvalue weighted by atomic mass is 10.1. The predicted octanol–water partition coefficient (Wildman–Crippen LogP) is 0.623. The largest absolute Gasteiger partial charge is 0.480 e. The number of carboxylic acids is 1. The van der Waals surface area contributed by atoms with Crippen molar-refractivity contribution in [1.29, 1.82) is 0 Å². The minimum atomic E-state index is -0.944. The van der Waals surface area contributed by atoms with Crippen LogP contribution in [0.2, 0.25) is 0 Å². The average molecular weight is 212 g/mol. The molecule has 0 heterocycles. The third kappa shape index (κ3) is 2.92. The van der Waals surface area contributed by atoms with Gasteiger partial charge in [0.2, 0.25) is 0 Å². The van der Waals surface area contributed by atoms with Gasteiger partial charge in [0.15, 0.2) is 0 Å². The fourth-order valence-corrected chi connectivity index (χ4v) is 1.27. The molecule has 82 valence electrons. The molecule has 4 N–H and O–H groups in total. The zero-order chi connectivity index (χ0) is 11.4. The fourth-order valence-electron chi connectivity index (χ4n) is 1.27. The van der Waals surface area contributed by atoms with Crippen LogP contribution in [0.4, 0.5) is 10.1 Å². The number of nitrogen functional groups attached to an aromatic ring is 1. The van der Waals surface area contributed by atoms with E-state index in [0.717, 1.165) is 0 Å². The van der Waals surface area contributed by atoms with E-state index in [1.165, 1.54) is 18.2 Å². The number of nitrogens with one attached hydrogen (secondary N) is 1. The summed E-state index contributed by atoms with van der Waals surface area (Å²) >= 11 is 0. The summed E-state index contributed by atoms with van der Waals surface area (Å²) in [5.41, 5.74) is 6.10. The molecule has 0 amide bonds. The van der Waals surface area contributed by atoms with Crippen LogP contribution in [0.3, 0.4) is 0 Å². The standard InChI is InChI=1S/C10H13FN2O2/c1-13-9(10(14)15)5-6-2-3-7(11)8(12)4-6/h2-4,9,13H,5,12H2,1H3,(H,14,15). The smallest absolute Gasteiger partial charge is 0.321 e. The molecule has 1 atom stereocenters. The summed E-state index contributed by atoms with van der Waals surface area (Å²) in [7, 11) is 1.56. The second-order valence-electron chi connectivity index (χ2n) is 3.24. The van der Waals surface area contributed by atoms with Crippen LogP contribution in [-0.2, 0) is 11.2 Å². The lowest BCUT2D eigenvalue weighted by molar-refractivity contribution is -0.139. The van der Waals surface area contributed by atoms with Crippen LogP contribution in [0.5, 0.6) is 0 Å². The van der Waals surface area contributed by atoms with Gasteiger partial charge in [0, 0.05) is 0 Å². The SMILES string of the molecule is CNC(Cc1ccc(F)c(N)c1)C(=O)O. The third-order valence-electron chi connectivity index (χ3n) is 2.15. The van der Waals surface area contributed by atoms with E-state index < -0.39 is 17.8 Å². The molecule has 0 aromatic heterocycles. The van der Waals surface area contributed by atoms with Gasteiger partial charge in [-0.05, 0) is 31.2 Å². The summed E-state index contributed by atoms with van der Waals surface area (Å²) in [6, 6.07) is 3.52. The van der Waals surface area contributed by atoms with Crippen LogP contribution in [0.1, 0.15) is 5.56 Å². The van der Waals surface area contributed by atoms with Crippen molar-refractivity contribution < 1.29 is 14.3 Å². The molecule has 0 bridgehead atoms. The second kappa shape index (κ2) is 4.75. The maximum Gasteiger partial charge on any atom is 0.321 e. The molecule has 0 fully saturated rings. The summed E-state index contributed by atoms with van der Waals surface area (Å²) in [5.74, 6) is -1.43. The van der Waals surface area contributed by atoms with Crippen LogP contribution in [0.25, 0.3) is 0 Å². The monoisotopic (exact) mass is 212 g/mol. The van der Waals surface area contributed by atoms with Gasteiger partial charge in [0.1, 0.15) is 11.9 Å². The lowest BCUT2D eigenvalue weighted by Crippen LogP contribution is -2.35. The number of aliphatic carboxylic acids is 1. The van der Waals surface area contributed by atoms with Crippen molar-refractivity contribution in [3.8, 4) is 0 Å². The molecule has 0 aliphatic heterocycles. The first-order chi connectivity index (χ1) is 7.04. The topological polar surface area (TPSA) is 75.3 Å². The van der Waals surface area contributed by atoms with Crippen molar-refractivity contribution in [2.24, 2.45) is 0 Å². The van der Waals surface area contributed by atoms with Gasteiger partial charge in [0.25, 0.3) is 0 Å². The van der Waals surface area contributed by atoms with E-state index in [-0.39, 0.29) is 12.1 Å². The number of likely N-dealkylation sites (N-methyl/N-ethyl adjacent to an activating group) is 1. The number of hydrogen-bond acceptors (Lipinski definition) is 3. The fraction of sp³-hybridized carbons (Fsp3) is 0.300. The number of hydrogen-bond donors (Lipinski definition) is 3. The molecular formula is C10H13FN2O2. The average Bonchev–Trinajstić information content (AvgIpc) is 2.19. The maximum atomic E-state index is 12.8. The molecule has 5 heteroatoms. The van der Waals surface area contributed by atoms with E-state index in [9.17, 15) is 9.18 Å². The number of benzene rings is 1. The number of carboxylic acid groups (broad SMARTS) is 1. The van der Waals surface area contributed by atoms with E-state index in [0.29, 0.717) is 5.56 Å². The van der Waals surface area contributed by atoms with Gasteiger partial charge in [-0.3, -0.25) is 4.79 Å². The van der Waals surface area contributed by atoms with E-state index >= 15 is 0 Å². The Labute approximate surface area is 86.9 Å². The van der Waals surface area contributed by atoms with Crippen molar-refractivity contribution in [2.45, 2.75) is 12.5 Å². The Morgan fingerprint density at radius 3 is 2.80 bits per heavy atom. The molecule has 4 nitrogen and oxygen atoms in total. The van der Waals surface area contributed by atoms with Gasteiger partial charge in [-0.15, -0.1) is 0 Å². The molecule has 15 heavy (non-hydrogen) atoms. The number of rotatable bonds is 4. The molecule has 0 radical (unpaired) electrons. The number of anilines is 1. The van der Waals surface area contributed by atoms with Crippen molar-refractivity contribution in [3.05, 3.63) is 29.6 Å². The van der Waals surface area contributed by atoms with Crippen LogP contribution in [0.15, 0.2) is 18.2 Å². The van der Waals surface area contributed by atoms with E-state index in [1.54, 1.807) is 7.05 Å². The number of carbonyl (C=O) groups is 1. The first-order valence-corrected chi connectivity index (χ1v) is 4.48. The Hall–Kier alpha value is -1.62. The van der Waals surface area contributed by atoms with Crippen LogP contribution in [0, 0.1) is 5.82 Å². The van der Waals surface area contributed by atoms with Crippen molar-refractivity contribution in [3.63, 3.8) is 0 Å². The van der Waals surface area contributed by atoms with Gasteiger partial charge in [0.05, 0.1) is 5.69 Å². The van der Waals surface area contributed by atoms with Crippen LogP contribution < -0.4 is 11.1 Å². The first-order valence-electron chi connectivity index (χ1n) is 4.48. The Morgan fingerprint density at radius 2 is 2.33 bits per heavy atom. The van der Waals surface area contributed by atoms with Gasteiger partial charge >= 0.3 is 5.97 Å². The normalized spacial score (nSPS) is 12.4. The Balaban J connectivity index is 2.80. The summed E-state index contributed by atoms with van der Waals surface area (Å²) in [6.07, 6.45) is 0.274. The highest BCUT2D eigenvalue weighted by Gasteiger charge is 2.15. The molecule has 0 spiro atoms. The Morgan fingerprint density at radius 1 is 1.67 bits per heavy atom. The number of halogens is 1. The summed E-state index contributed by atoms with van der Waals surface area (Å²) in [4.78, 5) is 10.7. The highest BCUT2D eigenvalue weighted by atomic mass is 19.1. The van der Waals surface area contributed by atoms with E-state index in [1.807, 2.05) is 0 Å². The van der Waals surface area contributed by atoms with Crippen molar-refractivity contribution in [2.75, 3.05) is 12.8 Å². The predicted molar refractivity (Wildman–Crippen MR) is 55.0 cm³/mol. The quantitative estimate of drug-likeness (QED) is 0.640. The highest BCUT2D eigenvalue weighted by molar-refractivity contribution is 5.73. The molecule has 0 saturated heterocycles. The van der Waals surface area contributed by atoms with E-state index in [4.69, 9.17) is 10.8 Å². The summed E-state index contributed by atoms with van der Waals surface area (Å²) in [5, 5.41) is 11.4. The molecule has 1 rings (SSSR count). The second-order valence-corrected chi connectivity index (χ2v) is 3.24. The van der Waals surface area contributed by atoms with Crippen LogP contribution >= 0.6 is 0 Å². The third-order valence-corrected chi connectivity index (χ3v) is 2.15. The summed E-state index contributed by atoms with van der Waals surface area (Å²) < 4.78 is 12.8. The van der Waals surface area contributed by atoms with Gasteiger partial charge in [-0.1, -0.05) is 6.07 Å². The zero-order valence-corrected chi connectivity index (χ0v) is 8.33. The molecule has 0 aliphatic carbocycles. The molecule has 1 aromatic rings. The van der Waals surface area contributed by atoms with Gasteiger partial charge < -0.3 is 16.2 Å². The molecule has 1 aromatic carbocycles. The molecule has 0 aliphatic rings. The molecule has 1 unspecified atom stereocenters. The Bertz CT molecular complexity index is 368. The van der Waals surface area contributed by atoms with Crippen LogP contribution in [-0.4, -0.2) is 24.2 Å². The van der Waals surface area contributed by atoms with Gasteiger partial charge in [-0.2, -0.15) is 0 Å². The molecule has 0 saturated carbocycles. The van der Waals surface area contributed by atoms with Gasteiger partial charge in [-0.25, -0.2) is 4.39 Å². The van der Waals surface area contributed by atoms with Crippen molar-refractivity contribution >= 4 is 11.7 Å². The zero-order valence-electron chi connectivity index (χ0n) is 8.33. The maximum absolute atomic E-state index is 12.8. The Kier molecular flexibility index (Phi) is 3.62. The summed E-state index contributed by atoms with van der Waals surface area (Å²) in [6.45, 7) is 0. The van der Waals surface area contributed by atoms with Crippen molar-refractivity contribution in [1.82, 2.24) is 5.32 Å². The first kappa shape index (κ1) is 11.5. The van der Waals surface area contributed by atoms with E-state index in [2.05, 4.69) is 5.32 Å².